The molecule has 2 bridgehead atoms. The number of fused-ring (bicyclic) bond motifs is 2. The summed E-state index contributed by atoms with van der Waals surface area (Å²) in [5.74, 6) is 1.54. The highest BCUT2D eigenvalue weighted by atomic mass is 16.1. The van der Waals surface area contributed by atoms with Crippen molar-refractivity contribution in [1.82, 2.24) is 10.6 Å². The van der Waals surface area contributed by atoms with Crippen LogP contribution in [0.4, 0.5) is 0 Å². The summed E-state index contributed by atoms with van der Waals surface area (Å²) in [6.45, 7) is 2.20. The minimum Gasteiger partial charge on any atom is -0.317 e. The second kappa shape index (κ2) is 3.87. The Labute approximate surface area is 91.0 Å². The van der Waals surface area contributed by atoms with E-state index >= 15 is 0 Å². The minimum absolute atomic E-state index is 0.339. The number of carbonyl (C=O) groups excluding carboxylic acids is 1. The van der Waals surface area contributed by atoms with Crippen LogP contribution in [-0.4, -0.2) is 31.0 Å². The number of carbonyl (C=O) groups is 1. The zero-order valence-corrected chi connectivity index (χ0v) is 9.17. The SMILES string of the molecule is O=C1CC2CCC(N2)C1C1CCNCC1. The standard InChI is InChI=1S/C12H20N2O/c15-11-7-9-1-2-10(14-9)12(11)8-3-5-13-6-4-8/h8-10,12-14H,1-7H2. The van der Waals surface area contributed by atoms with Crippen LogP contribution in [0.5, 0.6) is 0 Å². The molecule has 3 saturated heterocycles. The Kier molecular flexibility index (Phi) is 2.53. The number of hydrogen-bond acceptors (Lipinski definition) is 3. The molecule has 0 spiro atoms. The Morgan fingerprint density at radius 3 is 2.67 bits per heavy atom. The van der Waals surface area contributed by atoms with Gasteiger partial charge in [-0.2, -0.15) is 0 Å². The lowest BCUT2D eigenvalue weighted by molar-refractivity contribution is -0.127. The van der Waals surface area contributed by atoms with E-state index in [0.29, 0.717) is 29.7 Å². The van der Waals surface area contributed by atoms with Gasteiger partial charge in [0.15, 0.2) is 0 Å². The summed E-state index contributed by atoms with van der Waals surface area (Å²) in [6, 6.07) is 1.03. The van der Waals surface area contributed by atoms with E-state index in [-0.39, 0.29) is 0 Å². The molecule has 0 amide bonds. The Hall–Kier alpha value is -0.410. The number of Topliss-reactive ketones (excluding diaryl/α,β-unsaturated/α-hetero) is 1. The molecular formula is C12H20N2O. The second-order valence-electron chi connectivity index (χ2n) is 5.33. The van der Waals surface area contributed by atoms with E-state index in [9.17, 15) is 4.79 Å². The van der Waals surface area contributed by atoms with E-state index in [4.69, 9.17) is 0 Å². The van der Waals surface area contributed by atoms with Crippen molar-refractivity contribution >= 4 is 5.78 Å². The maximum absolute atomic E-state index is 12.1. The van der Waals surface area contributed by atoms with E-state index < -0.39 is 0 Å². The van der Waals surface area contributed by atoms with Crippen LogP contribution in [-0.2, 0) is 4.79 Å². The van der Waals surface area contributed by atoms with E-state index in [0.717, 1.165) is 19.5 Å². The predicted molar refractivity (Wildman–Crippen MR) is 58.7 cm³/mol. The van der Waals surface area contributed by atoms with Gasteiger partial charge in [-0.1, -0.05) is 0 Å². The molecule has 3 atom stereocenters. The first-order valence-electron chi connectivity index (χ1n) is 6.34. The first kappa shape index (κ1) is 9.79. The van der Waals surface area contributed by atoms with Gasteiger partial charge in [-0.05, 0) is 44.7 Å². The molecule has 0 saturated carbocycles. The molecular weight excluding hydrogens is 188 g/mol. The summed E-state index contributed by atoms with van der Waals surface area (Å²) >= 11 is 0. The summed E-state index contributed by atoms with van der Waals surface area (Å²) in [7, 11) is 0. The predicted octanol–water partition coefficient (Wildman–Crippen LogP) is 0.696. The maximum Gasteiger partial charge on any atom is 0.139 e. The maximum atomic E-state index is 12.1. The molecule has 3 fully saturated rings. The fourth-order valence-corrected chi connectivity index (χ4v) is 3.69. The minimum atomic E-state index is 0.339. The van der Waals surface area contributed by atoms with Crippen molar-refractivity contribution in [2.75, 3.05) is 13.1 Å². The third-order valence-electron chi connectivity index (χ3n) is 4.42. The van der Waals surface area contributed by atoms with Crippen LogP contribution in [0.3, 0.4) is 0 Å². The smallest absolute Gasteiger partial charge is 0.139 e. The lowest BCUT2D eigenvalue weighted by Crippen LogP contribution is -2.50. The Bertz CT molecular complexity index is 260. The summed E-state index contributed by atoms with van der Waals surface area (Å²) < 4.78 is 0. The van der Waals surface area contributed by atoms with E-state index in [2.05, 4.69) is 10.6 Å². The molecule has 3 aliphatic heterocycles. The average Bonchev–Trinajstić information content (AvgIpc) is 2.62. The topological polar surface area (TPSA) is 41.1 Å². The molecule has 2 N–H and O–H groups in total. The first-order valence-corrected chi connectivity index (χ1v) is 6.34. The first-order chi connectivity index (χ1) is 7.34. The van der Waals surface area contributed by atoms with Crippen LogP contribution >= 0.6 is 0 Å². The summed E-state index contributed by atoms with van der Waals surface area (Å²) in [5, 5.41) is 7.01. The van der Waals surface area contributed by atoms with Crippen LogP contribution in [0, 0.1) is 11.8 Å². The number of ketones is 1. The zero-order valence-electron chi connectivity index (χ0n) is 9.17. The molecule has 3 nitrogen and oxygen atoms in total. The van der Waals surface area contributed by atoms with Gasteiger partial charge < -0.3 is 10.6 Å². The molecule has 3 heteroatoms. The molecule has 3 unspecified atom stereocenters. The van der Waals surface area contributed by atoms with Gasteiger partial charge >= 0.3 is 0 Å². The number of piperidine rings is 2. The molecule has 0 aliphatic carbocycles. The highest BCUT2D eigenvalue weighted by Crippen LogP contribution is 2.36. The number of hydrogen-bond donors (Lipinski definition) is 2. The number of nitrogens with one attached hydrogen (secondary N) is 2. The third-order valence-corrected chi connectivity index (χ3v) is 4.42. The van der Waals surface area contributed by atoms with Gasteiger partial charge in [-0.15, -0.1) is 0 Å². The highest BCUT2D eigenvalue weighted by Gasteiger charge is 2.44. The van der Waals surface area contributed by atoms with Crippen molar-refractivity contribution in [2.45, 2.75) is 44.2 Å². The number of rotatable bonds is 1. The fraction of sp³-hybridized carbons (Fsp3) is 0.917. The van der Waals surface area contributed by atoms with Crippen molar-refractivity contribution in [1.29, 1.82) is 0 Å². The van der Waals surface area contributed by atoms with Crippen LogP contribution in [0.15, 0.2) is 0 Å². The lowest BCUT2D eigenvalue weighted by Gasteiger charge is -2.36. The Morgan fingerprint density at radius 1 is 1.07 bits per heavy atom. The van der Waals surface area contributed by atoms with E-state index in [1.165, 1.54) is 25.7 Å². The molecule has 15 heavy (non-hydrogen) atoms. The van der Waals surface area contributed by atoms with Crippen LogP contribution < -0.4 is 10.6 Å². The largest absolute Gasteiger partial charge is 0.317 e. The van der Waals surface area contributed by atoms with Gasteiger partial charge in [0.1, 0.15) is 5.78 Å². The van der Waals surface area contributed by atoms with Crippen LogP contribution in [0.2, 0.25) is 0 Å². The van der Waals surface area contributed by atoms with Gasteiger partial charge in [0.05, 0.1) is 0 Å². The lowest BCUT2D eigenvalue weighted by atomic mass is 9.76. The van der Waals surface area contributed by atoms with Crippen molar-refractivity contribution < 1.29 is 4.79 Å². The van der Waals surface area contributed by atoms with E-state index in [1.54, 1.807) is 0 Å². The highest BCUT2D eigenvalue weighted by molar-refractivity contribution is 5.84. The van der Waals surface area contributed by atoms with Gasteiger partial charge in [-0.3, -0.25) is 4.79 Å². The zero-order chi connectivity index (χ0) is 10.3. The molecule has 0 radical (unpaired) electrons. The van der Waals surface area contributed by atoms with Crippen molar-refractivity contribution in [3.8, 4) is 0 Å². The third kappa shape index (κ3) is 1.72. The fourth-order valence-electron chi connectivity index (χ4n) is 3.69. The quantitative estimate of drug-likeness (QED) is 0.666. The van der Waals surface area contributed by atoms with E-state index in [1.807, 2.05) is 0 Å². The molecule has 0 aromatic carbocycles. The molecule has 3 rings (SSSR count). The van der Waals surface area contributed by atoms with Crippen LogP contribution in [0.1, 0.15) is 32.1 Å². The van der Waals surface area contributed by atoms with Crippen molar-refractivity contribution in [2.24, 2.45) is 11.8 Å². The van der Waals surface area contributed by atoms with Gasteiger partial charge in [-0.25, -0.2) is 0 Å². The van der Waals surface area contributed by atoms with Crippen LogP contribution in [0.25, 0.3) is 0 Å². The monoisotopic (exact) mass is 208 g/mol. The van der Waals surface area contributed by atoms with Gasteiger partial charge in [0, 0.05) is 24.4 Å². The Balaban J connectivity index is 1.74. The Morgan fingerprint density at radius 2 is 1.87 bits per heavy atom. The summed E-state index contributed by atoms with van der Waals surface area (Å²) in [6.07, 6.45) is 5.63. The molecule has 3 aliphatic rings. The second-order valence-corrected chi connectivity index (χ2v) is 5.33. The van der Waals surface area contributed by atoms with Gasteiger partial charge in [0.25, 0.3) is 0 Å². The van der Waals surface area contributed by atoms with Crippen molar-refractivity contribution in [3.63, 3.8) is 0 Å². The van der Waals surface area contributed by atoms with Gasteiger partial charge in [0.2, 0.25) is 0 Å². The molecule has 0 aromatic rings. The molecule has 0 aromatic heterocycles. The molecule has 84 valence electrons. The summed E-state index contributed by atoms with van der Waals surface area (Å²) in [5.41, 5.74) is 0. The average molecular weight is 208 g/mol. The van der Waals surface area contributed by atoms with Crippen molar-refractivity contribution in [3.05, 3.63) is 0 Å². The normalized spacial score (nSPS) is 42.1. The molecule has 3 heterocycles. The summed E-state index contributed by atoms with van der Waals surface area (Å²) in [4.78, 5) is 12.1.